The van der Waals surface area contributed by atoms with Gasteiger partial charge < -0.3 is 5.32 Å². The van der Waals surface area contributed by atoms with E-state index in [2.05, 4.69) is 20.5 Å². The van der Waals surface area contributed by atoms with Gasteiger partial charge in [-0.15, -0.1) is 10.2 Å². The number of nitrogens with zero attached hydrogens (tertiary/aromatic N) is 3. The average Bonchev–Trinajstić information content (AvgIpc) is 3.12. The molecular weight excluding hydrogens is 236 g/mol. The van der Waals surface area contributed by atoms with Crippen molar-refractivity contribution < 1.29 is 4.79 Å². The minimum absolute atomic E-state index is 0.0578. The predicted molar refractivity (Wildman–Crippen MR) is 64.5 cm³/mol. The summed E-state index contributed by atoms with van der Waals surface area (Å²) >= 11 is 1.38. The van der Waals surface area contributed by atoms with Crippen LogP contribution in [0.4, 0.5) is 5.13 Å². The summed E-state index contributed by atoms with van der Waals surface area (Å²) in [6.07, 6.45) is 5.39. The molecule has 1 amide bonds. The van der Waals surface area contributed by atoms with Crippen molar-refractivity contribution in [2.24, 2.45) is 5.92 Å². The smallest absolute Gasteiger partial charge is 0.229 e. The molecular formula is C11H10N4OS. The first kappa shape index (κ1) is 10.3. The van der Waals surface area contributed by atoms with Crippen LogP contribution in [0.5, 0.6) is 0 Å². The number of hydrogen-bond donors (Lipinski definition) is 1. The van der Waals surface area contributed by atoms with Crippen LogP contribution in [0, 0.1) is 5.92 Å². The fraction of sp³-hybridized carbons (Fsp3) is 0.273. The van der Waals surface area contributed by atoms with E-state index in [0.29, 0.717) is 5.13 Å². The number of hydrogen-bond acceptors (Lipinski definition) is 5. The Bertz CT molecular complexity index is 535. The van der Waals surface area contributed by atoms with Crippen LogP contribution in [0.3, 0.4) is 0 Å². The molecule has 0 spiro atoms. The number of amides is 1. The van der Waals surface area contributed by atoms with Crippen molar-refractivity contribution in [3.63, 3.8) is 0 Å². The lowest BCUT2D eigenvalue weighted by atomic mass is 10.3. The second-order valence-corrected chi connectivity index (χ2v) is 4.89. The number of anilines is 1. The third-order valence-electron chi connectivity index (χ3n) is 2.53. The molecule has 1 aliphatic rings. The Morgan fingerprint density at radius 2 is 2.06 bits per heavy atom. The highest BCUT2D eigenvalue weighted by molar-refractivity contribution is 7.18. The molecule has 0 aromatic carbocycles. The van der Waals surface area contributed by atoms with Gasteiger partial charge in [-0.25, -0.2) is 0 Å². The summed E-state index contributed by atoms with van der Waals surface area (Å²) in [6, 6.07) is 3.74. The Morgan fingerprint density at radius 1 is 1.29 bits per heavy atom. The molecule has 17 heavy (non-hydrogen) atoms. The van der Waals surface area contributed by atoms with Gasteiger partial charge >= 0.3 is 0 Å². The fourth-order valence-corrected chi connectivity index (χ4v) is 2.19. The number of aromatic nitrogens is 3. The molecule has 0 saturated heterocycles. The molecule has 2 aromatic rings. The van der Waals surface area contributed by atoms with E-state index in [1.165, 1.54) is 11.3 Å². The Hall–Kier alpha value is -1.82. The molecule has 0 atom stereocenters. The van der Waals surface area contributed by atoms with Gasteiger partial charge in [0.2, 0.25) is 11.0 Å². The van der Waals surface area contributed by atoms with Crippen molar-refractivity contribution in [3.8, 4) is 10.6 Å². The fourth-order valence-electron chi connectivity index (χ4n) is 1.44. The SMILES string of the molecule is O=C(Nc1nnc(-c2ccncc2)s1)C1CC1. The topological polar surface area (TPSA) is 67.8 Å². The molecule has 3 rings (SSSR count). The number of rotatable bonds is 3. The van der Waals surface area contributed by atoms with Crippen LogP contribution >= 0.6 is 11.3 Å². The molecule has 0 radical (unpaired) electrons. The van der Waals surface area contributed by atoms with Crippen LogP contribution in [-0.4, -0.2) is 21.1 Å². The Balaban J connectivity index is 1.76. The zero-order valence-corrected chi connectivity index (χ0v) is 9.78. The van der Waals surface area contributed by atoms with Crippen molar-refractivity contribution in [2.75, 3.05) is 5.32 Å². The zero-order valence-electron chi connectivity index (χ0n) is 8.96. The molecule has 2 heterocycles. The average molecular weight is 246 g/mol. The van der Waals surface area contributed by atoms with E-state index in [9.17, 15) is 4.79 Å². The third kappa shape index (κ3) is 2.31. The molecule has 1 N–H and O–H groups in total. The highest BCUT2D eigenvalue weighted by Gasteiger charge is 2.30. The van der Waals surface area contributed by atoms with E-state index >= 15 is 0 Å². The van der Waals surface area contributed by atoms with Crippen LogP contribution in [0.15, 0.2) is 24.5 Å². The molecule has 1 saturated carbocycles. The largest absolute Gasteiger partial charge is 0.300 e. The minimum atomic E-state index is 0.0578. The van der Waals surface area contributed by atoms with Crippen LogP contribution in [0.2, 0.25) is 0 Å². The summed E-state index contributed by atoms with van der Waals surface area (Å²) in [6.45, 7) is 0. The molecule has 0 bridgehead atoms. The lowest BCUT2D eigenvalue weighted by molar-refractivity contribution is -0.117. The number of carbonyl (C=O) groups excluding carboxylic acids is 1. The van der Waals surface area contributed by atoms with Crippen LogP contribution < -0.4 is 5.32 Å². The van der Waals surface area contributed by atoms with Crippen molar-refractivity contribution in [1.29, 1.82) is 0 Å². The van der Waals surface area contributed by atoms with Gasteiger partial charge in [0.05, 0.1) is 0 Å². The van der Waals surface area contributed by atoms with Crippen molar-refractivity contribution in [1.82, 2.24) is 15.2 Å². The minimum Gasteiger partial charge on any atom is -0.300 e. The quantitative estimate of drug-likeness (QED) is 0.898. The second kappa shape index (κ2) is 4.21. The molecule has 0 aliphatic heterocycles. The summed E-state index contributed by atoms with van der Waals surface area (Å²) in [4.78, 5) is 15.5. The van der Waals surface area contributed by atoms with Gasteiger partial charge in [-0.1, -0.05) is 11.3 Å². The van der Waals surface area contributed by atoms with E-state index in [4.69, 9.17) is 0 Å². The van der Waals surface area contributed by atoms with Crippen LogP contribution in [0.25, 0.3) is 10.6 Å². The highest BCUT2D eigenvalue weighted by Crippen LogP contribution is 2.31. The van der Waals surface area contributed by atoms with Crippen molar-refractivity contribution >= 4 is 22.4 Å². The predicted octanol–water partition coefficient (Wildman–Crippen LogP) is 1.95. The van der Waals surface area contributed by atoms with E-state index < -0.39 is 0 Å². The van der Waals surface area contributed by atoms with Gasteiger partial charge in [0.25, 0.3) is 0 Å². The summed E-state index contributed by atoms with van der Waals surface area (Å²) in [5.74, 6) is 0.241. The van der Waals surface area contributed by atoms with Crippen LogP contribution in [-0.2, 0) is 4.79 Å². The summed E-state index contributed by atoms with van der Waals surface area (Å²) < 4.78 is 0. The number of pyridine rings is 1. The molecule has 0 unspecified atom stereocenters. The zero-order chi connectivity index (χ0) is 11.7. The number of nitrogens with one attached hydrogen (secondary N) is 1. The third-order valence-corrected chi connectivity index (χ3v) is 3.42. The molecule has 86 valence electrons. The maximum atomic E-state index is 11.5. The van der Waals surface area contributed by atoms with E-state index in [1.807, 2.05) is 12.1 Å². The highest BCUT2D eigenvalue weighted by atomic mass is 32.1. The molecule has 5 nitrogen and oxygen atoms in total. The standard InChI is InChI=1S/C11H10N4OS/c16-9(7-1-2-7)13-11-15-14-10(17-11)8-3-5-12-6-4-8/h3-7H,1-2H2,(H,13,15,16). The first-order valence-electron chi connectivity index (χ1n) is 5.38. The van der Waals surface area contributed by atoms with Crippen molar-refractivity contribution in [2.45, 2.75) is 12.8 Å². The maximum absolute atomic E-state index is 11.5. The lowest BCUT2D eigenvalue weighted by Crippen LogP contribution is -2.12. The normalized spacial score (nSPS) is 14.6. The van der Waals surface area contributed by atoms with Crippen LogP contribution in [0.1, 0.15) is 12.8 Å². The van der Waals surface area contributed by atoms with Gasteiger partial charge in [0.15, 0.2) is 0 Å². The van der Waals surface area contributed by atoms with Gasteiger partial charge in [0, 0.05) is 23.9 Å². The Labute approximate surface area is 102 Å². The second-order valence-electron chi connectivity index (χ2n) is 3.91. The van der Waals surface area contributed by atoms with Gasteiger partial charge in [-0.3, -0.25) is 9.78 Å². The maximum Gasteiger partial charge on any atom is 0.229 e. The monoisotopic (exact) mass is 246 g/mol. The lowest BCUT2D eigenvalue weighted by Gasteiger charge is -1.96. The van der Waals surface area contributed by atoms with E-state index in [1.54, 1.807) is 12.4 Å². The molecule has 1 aliphatic carbocycles. The van der Waals surface area contributed by atoms with E-state index in [0.717, 1.165) is 23.4 Å². The summed E-state index contributed by atoms with van der Waals surface area (Å²) in [7, 11) is 0. The molecule has 2 aromatic heterocycles. The summed E-state index contributed by atoms with van der Waals surface area (Å²) in [5, 5.41) is 12.1. The number of carbonyl (C=O) groups is 1. The summed E-state index contributed by atoms with van der Waals surface area (Å²) in [5.41, 5.74) is 0.962. The molecule has 1 fully saturated rings. The van der Waals surface area contributed by atoms with Crippen molar-refractivity contribution in [3.05, 3.63) is 24.5 Å². The van der Waals surface area contributed by atoms with E-state index in [-0.39, 0.29) is 11.8 Å². The first-order chi connectivity index (χ1) is 8.33. The Kier molecular flexibility index (Phi) is 2.56. The molecule has 6 heteroatoms. The Morgan fingerprint density at radius 3 is 2.76 bits per heavy atom. The van der Waals surface area contributed by atoms with Gasteiger partial charge in [-0.2, -0.15) is 0 Å². The van der Waals surface area contributed by atoms with Gasteiger partial charge in [0.1, 0.15) is 5.01 Å². The first-order valence-corrected chi connectivity index (χ1v) is 6.19. The van der Waals surface area contributed by atoms with Gasteiger partial charge in [-0.05, 0) is 25.0 Å².